The van der Waals surface area contributed by atoms with Gasteiger partial charge in [0.1, 0.15) is 0 Å². The molecule has 0 radical (unpaired) electrons. The number of rotatable bonds is 3. The third-order valence-corrected chi connectivity index (χ3v) is 1.38. The standard InChI is InChI=1S/C6H16N2.C2H6/c1-6(5-7-2)8(3)4;1-2/h6-7H,5H2,1-4H3;1-2H3. The van der Waals surface area contributed by atoms with Crippen molar-refractivity contribution >= 4 is 0 Å². The van der Waals surface area contributed by atoms with E-state index >= 15 is 0 Å². The van der Waals surface area contributed by atoms with Gasteiger partial charge in [0, 0.05) is 12.6 Å². The molecule has 0 spiro atoms. The van der Waals surface area contributed by atoms with Crippen LogP contribution >= 0.6 is 0 Å². The molecular weight excluding hydrogens is 124 g/mol. The van der Waals surface area contributed by atoms with Crippen LogP contribution in [0.3, 0.4) is 0 Å². The second-order valence-electron chi connectivity index (χ2n) is 2.37. The molecule has 1 N–H and O–H groups in total. The van der Waals surface area contributed by atoms with Gasteiger partial charge < -0.3 is 10.2 Å². The van der Waals surface area contributed by atoms with E-state index in [1.807, 2.05) is 20.9 Å². The van der Waals surface area contributed by atoms with Crippen LogP contribution in [-0.4, -0.2) is 38.6 Å². The number of nitrogens with one attached hydrogen (secondary N) is 1. The van der Waals surface area contributed by atoms with Crippen LogP contribution in [0.5, 0.6) is 0 Å². The molecule has 1 atom stereocenters. The van der Waals surface area contributed by atoms with E-state index in [1.165, 1.54) is 0 Å². The zero-order valence-corrected chi connectivity index (χ0v) is 8.23. The fourth-order valence-corrected chi connectivity index (χ4v) is 0.478. The summed E-state index contributed by atoms with van der Waals surface area (Å²) in [6, 6.07) is 0.639. The lowest BCUT2D eigenvalue weighted by molar-refractivity contribution is 0.308. The van der Waals surface area contributed by atoms with E-state index in [9.17, 15) is 0 Å². The van der Waals surface area contributed by atoms with Crippen molar-refractivity contribution in [3.63, 3.8) is 0 Å². The van der Waals surface area contributed by atoms with Crippen LogP contribution in [-0.2, 0) is 0 Å². The van der Waals surface area contributed by atoms with Crippen LogP contribution in [0.2, 0.25) is 0 Å². The molecule has 0 amide bonds. The first kappa shape index (κ1) is 12.6. The van der Waals surface area contributed by atoms with Gasteiger partial charge in [-0.15, -0.1) is 0 Å². The SMILES string of the molecule is CC.CNCC(C)N(C)C. The van der Waals surface area contributed by atoms with Crippen molar-refractivity contribution in [2.45, 2.75) is 26.8 Å². The zero-order chi connectivity index (χ0) is 8.57. The largest absolute Gasteiger partial charge is 0.318 e. The van der Waals surface area contributed by atoms with Crippen LogP contribution < -0.4 is 5.32 Å². The molecule has 0 saturated heterocycles. The molecule has 1 unspecified atom stereocenters. The molecule has 0 saturated carbocycles. The summed E-state index contributed by atoms with van der Waals surface area (Å²) in [6.07, 6.45) is 0. The van der Waals surface area contributed by atoms with Crippen molar-refractivity contribution in [3.8, 4) is 0 Å². The molecule has 2 heteroatoms. The van der Waals surface area contributed by atoms with E-state index in [1.54, 1.807) is 0 Å². The molecule has 0 heterocycles. The van der Waals surface area contributed by atoms with Gasteiger partial charge in [0.15, 0.2) is 0 Å². The number of nitrogens with zero attached hydrogens (tertiary/aromatic N) is 1. The first-order chi connectivity index (χ1) is 4.68. The van der Waals surface area contributed by atoms with Crippen molar-refractivity contribution in [2.24, 2.45) is 0 Å². The molecule has 0 aliphatic carbocycles. The smallest absolute Gasteiger partial charge is 0.0186 e. The molecule has 0 rings (SSSR count). The summed E-state index contributed by atoms with van der Waals surface area (Å²) < 4.78 is 0. The van der Waals surface area contributed by atoms with Crippen LogP contribution in [0.15, 0.2) is 0 Å². The fourth-order valence-electron chi connectivity index (χ4n) is 0.478. The molecule has 10 heavy (non-hydrogen) atoms. The van der Waals surface area contributed by atoms with E-state index in [2.05, 4.69) is 31.2 Å². The highest BCUT2D eigenvalue weighted by molar-refractivity contribution is 4.59. The van der Waals surface area contributed by atoms with Gasteiger partial charge in [-0.05, 0) is 28.1 Å². The fraction of sp³-hybridized carbons (Fsp3) is 1.00. The van der Waals surface area contributed by atoms with Gasteiger partial charge in [-0.3, -0.25) is 0 Å². The van der Waals surface area contributed by atoms with Crippen LogP contribution in [0.25, 0.3) is 0 Å². The van der Waals surface area contributed by atoms with Gasteiger partial charge in [-0.2, -0.15) is 0 Å². The summed E-state index contributed by atoms with van der Waals surface area (Å²) in [5.41, 5.74) is 0. The van der Waals surface area contributed by atoms with Crippen molar-refractivity contribution in [1.29, 1.82) is 0 Å². The lowest BCUT2D eigenvalue weighted by Gasteiger charge is -2.18. The van der Waals surface area contributed by atoms with E-state index < -0.39 is 0 Å². The average molecular weight is 146 g/mol. The quantitative estimate of drug-likeness (QED) is 0.643. The lowest BCUT2D eigenvalue weighted by Crippen LogP contribution is -2.33. The average Bonchev–Trinajstić information content (AvgIpc) is 1.93. The van der Waals surface area contributed by atoms with Gasteiger partial charge in [-0.1, -0.05) is 13.8 Å². The van der Waals surface area contributed by atoms with Crippen molar-refractivity contribution in [3.05, 3.63) is 0 Å². The van der Waals surface area contributed by atoms with Gasteiger partial charge in [-0.25, -0.2) is 0 Å². The molecule has 0 aliphatic heterocycles. The Balaban J connectivity index is 0. The summed E-state index contributed by atoms with van der Waals surface area (Å²) in [4.78, 5) is 2.19. The van der Waals surface area contributed by atoms with Gasteiger partial charge in [0.25, 0.3) is 0 Å². The van der Waals surface area contributed by atoms with Gasteiger partial charge >= 0.3 is 0 Å². The Bertz CT molecular complexity index is 53.2. The minimum Gasteiger partial charge on any atom is -0.318 e. The van der Waals surface area contributed by atoms with Crippen LogP contribution in [0, 0.1) is 0 Å². The predicted molar refractivity (Wildman–Crippen MR) is 48.4 cm³/mol. The first-order valence-electron chi connectivity index (χ1n) is 3.99. The monoisotopic (exact) mass is 146 g/mol. The maximum Gasteiger partial charge on any atom is 0.0186 e. The Labute approximate surface area is 65.6 Å². The van der Waals surface area contributed by atoms with E-state index in [-0.39, 0.29) is 0 Å². The van der Waals surface area contributed by atoms with Crippen molar-refractivity contribution < 1.29 is 0 Å². The summed E-state index contributed by atoms with van der Waals surface area (Å²) in [5, 5.41) is 3.11. The normalized spacial score (nSPS) is 12.3. The lowest BCUT2D eigenvalue weighted by atomic mass is 10.3. The van der Waals surface area contributed by atoms with E-state index in [0.717, 1.165) is 6.54 Å². The molecule has 0 aliphatic rings. The number of hydrogen-bond donors (Lipinski definition) is 1. The molecule has 2 nitrogen and oxygen atoms in total. The third-order valence-electron chi connectivity index (χ3n) is 1.38. The Morgan fingerprint density at radius 1 is 1.30 bits per heavy atom. The Kier molecular flexibility index (Phi) is 11.2. The maximum atomic E-state index is 3.11. The molecule has 0 aromatic heterocycles. The molecule has 0 fully saturated rings. The summed E-state index contributed by atoms with van der Waals surface area (Å²) in [7, 11) is 6.14. The number of likely N-dealkylation sites (N-methyl/N-ethyl adjacent to an activating group) is 2. The second-order valence-corrected chi connectivity index (χ2v) is 2.37. The summed E-state index contributed by atoms with van der Waals surface area (Å²) >= 11 is 0. The van der Waals surface area contributed by atoms with Gasteiger partial charge in [0.05, 0.1) is 0 Å². The van der Waals surface area contributed by atoms with Crippen molar-refractivity contribution in [2.75, 3.05) is 27.7 Å². The minimum atomic E-state index is 0.639. The molecule has 0 aromatic rings. The summed E-state index contributed by atoms with van der Waals surface area (Å²) in [6.45, 7) is 7.25. The highest BCUT2D eigenvalue weighted by atomic mass is 15.1. The highest BCUT2D eigenvalue weighted by Gasteiger charge is 1.99. The molecule has 64 valence electrons. The maximum absolute atomic E-state index is 3.11. The van der Waals surface area contributed by atoms with E-state index in [0.29, 0.717) is 6.04 Å². The third kappa shape index (κ3) is 7.92. The molecule has 0 aromatic carbocycles. The Morgan fingerprint density at radius 3 is 1.80 bits per heavy atom. The topological polar surface area (TPSA) is 15.3 Å². The highest BCUT2D eigenvalue weighted by Crippen LogP contribution is 1.86. The van der Waals surface area contributed by atoms with Crippen LogP contribution in [0.1, 0.15) is 20.8 Å². The molecular formula is C8H22N2. The number of hydrogen-bond acceptors (Lipinski definition) is 2. The first-order valence-corrected chi connectivity index (χ1v) is 3.99. The Morgan fingerprint density at radius 2 is 1.70 bits per heavy atom. The Hall–Kier alpha value is -0.0800. The van der Waals surface area contributed by atoms with Crippen LogP contribution in [0.4, 0.5) is 0 Å². The predicted octanol–water partition coefficient (Wildman–Crippen LogP) is 1.18. The second kappa shape index (κ2) is 8.92. The van der Waals surface area contributed by atoms with Gasteiger partial charge in [0.2, 0.25) is 0 Å². The van der Waals surface area contributed by atoms with E-state index in [4.69, 9.17) is 0 Å². The van der Waals surface area contributed by atoms with Crippen molar-refractivity contribution in [1.82, 2.24) is 10.2 Å². The minimum absolute atomic E-state index is 0.639. The summed E-state index contributed by atoms with van der Waals surface area (Å²) in [5.74, 6) is 0. The molecule has 0 bridgehead atoms. The zero-order valence-electron chi connectivity index (χ0n) is 8.23.